The number of aryl methyl sites for hydroxylation is 1. The van der Waals surface area contributed by atoms with E-state index in [0.717, 1.165) is 5.56 Å². The second kappa shape index (κ2) is 5.46. The minimum atomic E-state index is -0.176. The van der Waals surface area contributed by atoms with E-state index < -0.39 is 0 Å². The average molecular weight is 222 g/mol. The molecule has 1 rings (SSSR count). The smallest absolute Gasteiger partial charge is 0.257 e. The number of rotatable bonds is 2. The number of thiocarbonyl (C=S) groups is 1. The zero-order valence-electron chi connectivity index (χ0n) is 8.83. The number of carbonyl (C=O) groups excluding carboxylic acids is 1. The van der Waals surface area contributed by atoms with E-state index in [0.29, 0.717) is 17.2 Å². The zero-order valence-corrected chi connectivity index (χ0v) is 9.65. The van der Waals surface area contributed by atoms with Gasteiger partial charge in [0.25, 0.3) is 5.91 Å². The monoisotopic (exact) mass is 222 g/mol. The summed E-state index contributed by atoms with van der Waals surface area (Å²) in [7, 11) is 0. The van der Waals surface area contributed by atoms with Crippen LogP contribution in [-0.4, -0.2) is 17.6 Å². The van der Waals surface area contributed by atoms with Gasteiger partial charge in [-0.25, -0.2) is 0 Å². The number of hydrogen-bond donors (Lipinski definition) is 2. The first-order chi connectivity index (χ1) is 7.13. The Morgan fingerprint density at radius 3 is 2.80 bits per heavy atom. The minimum absolute atomic E-state index is 0.176. The van der Waals surface area contributed by atoms with Crippen molar-refractivity contribution >= 4 is 23.2 Å². The van der Waals surface area contributed by atoms with Gasteiger partial charge in [-0.1, -0.05) is 17.7 Å². The first-order valence-corrected chi connectivity index (χ1v) is 5.20. The first kappa shape index (κ1) is 11.7. The second-order valence-electron chi connectivity index (χ2n) is 3.18. The van der Waals surface area contributed by atoms with Crippen molar-refractivity contribution in [2.24, 2.45) is 0 Å². The lowest BCUT2D eigenvalue weighted by atomic mass is 10.1. The summed E-state index contributed by atoms with van der Waals surface area (Å²) < 4.78 is 0. The summed E-state index contributed by atoms with van der Waals surface area (Å²) in [5, 5.41) is 5.83. The van der Waals surface area contributed by atoms with Crippen LogP contribution in [0.15, 0.2) is 24.3 Å². The van der Waals surface area contributed by atoms with Gasteiger partial charge in [0.05, 0.1) is 0 Å². The van der Waals surface area contributed by atoms with Crippen LogP contribution in [-0.2, 0) is 0 Å². The molecule has 0 aliphatic rings. The third-order valence-corrected chi connectivity index (χ3v) is 2.09. The van der Waals surface area contributed by atoms with E-state index >= 15 is 0 Å². The molecular formula is C11H14N2OS. The molecule has 0 aromatic heterocycles. The molecule has 0 aliphatic heterocycles. The summed E-state index contributed by atoms with van der Waals surface area (Å²) in [6, 6.07) is 7.38. The molecule has 4 heteroatoms. The molecule has 0 unspecified atom stereocenters. The number of hydrogen-bond acceptors (Lipinski definition) is 2. The molecule has 80 valence electrons. The lowest BCUT2D eigenvalue weighted by molar-refractivity contribution is 0.0976. The van der Waals surface area contributed by atoms with Crippen LogP contribution in [0.4, 0.5) is 0 Å². The molecule has 1 amide bonds. The number of amides is 1. The van der Waals surface area contributed by atoms with E-state index in [9.17, 15) is 4.79 Å². The Labute approximate surface area is 94.9 Å². The molecule has 0 radical (unpaired) electrons. The molecule has 15 heavy (non-hydrogen) atoms. The van der Waals surface area contributed by atoms with Crippen molar-refractivity contribution in [2.75, 3.05) is 6.54 Å². The highest BCUT2D eigenvalue weighted by molar-refractivity contribution is 7.80. The summed E-state index contributed by atoms with van der Waals surface area (Å²) in [5.41, 5.74) is 1.67. The van der Waals surface area contributed by atoms with Crippen LogP contribution in [0.2, 0.25) is 0 Å². The van der Waals surface area contributed by atoms with Gasteiger partial charge in [0.1, 0.15) is 0 Å². The van der Waals surface area contributed by atoms with Crippen molar-refractivity contribution in [3.63, 3.8) is 0 Å². The number of carbonyl (C=O) groups is 1. The average Bonchev–Trinajstić information content (AvgIpc) is 2.18. The Bertz CT molecular complexity index is 377. The van der Waals surface area contributed by atoms with E-state index in [1.165, 1.54) is 0 Å². The highest BCUT2D eigenvalue weighted by atomic mass is 32.1. The van der Waals surface area contributed by atoms with E-state index in [2.05, 4.69) is 10.6 Å². The van der Waals surface area contributed by atoms with Crippen LogP contribution in [0.25, 0.3) is 0 Å². The van der Waals surface area contributed by atoms with Gasteiger partial charge >= 0.3 is 0 Å². The van der Waals surface area contributed by atoms with Gasteiger partial charge in [-0.15, -0.1) is 0 Å². The van der Waals surface area contributed by atoms with E-state index in [1.54, 1.807) is 6.07 Å². The van der Waals surface area contributed by atoms with Crippen LogP contribution >= 0.6 is 12.2 Å². The fourth-order valence-corrected chi connectivity index (χ4v) is 1.40. The van der Waals surface area contributed by atoms with Gasteiger partial charge in [0.15, 0.2) is 5.11 Å². The molecule has 0 heterocycles. The SMILES string of the molecule is CCNC(=S)NC(=O)c1cccc(C)c1. The predicted molar refractivity (Wildman–Crippen MR) is 64.9 cm³/mol. The molecule has 1 aromatic rings. The third-order valence-electron chi connectivity index (χ3n) is 1.84. The van der Waals surface area contributed by atoms with Crippen molar-refractivity contribution in [1.29, 1.82) is 0 Å². The largest absolute Gasteiger partial charge is 0.363 e. The zero-order chi connectivity index (χ0) is 11.3. The quantitative estimate of drug-likeness (QED) is 0.747. The highest BCUT2D eigenvalue weighted by Crippen LogP contribution is 2.03. The maximum atomic E-state index is 11.6. The topological polar surface area (TPSA) is 41.1 Å². The molecular weight excluding hydrogens is 208 g/mol. The van der Waals surface area contributed by atoms with Gasteiger partial charge in [-0.3, -0.25) is 10.1 Å². The van der Waals surface area contributed by atoms with Crippen LogP contribution in [0, 0.1) is 6.92 Å². The Kier molecular flexibility index (Phi) is 4.24. The summed E-state index contributed by atoms with van der Waals surface area (Å²) in [4.78, 5) is 11.6. The van der Waals surface area contributed by atoms with Gasteiger partial charge in [-0.05, 0) is 38.2 Å². The molecule has 0 spiro atoms. The lowest BCUT2D eigenvalue weighted by Gasteiger charge is -2.07. The summed E-state index contributed by atoms with van der Waals surface area (Å²) in [6.07, 6.45) is 0. The highest BCUT2D eigenvalue weighted by Gasteiger charge is 2.06. The standard InChI is InChI=1S/C11H14N2OS/c1-3-12-11(15)13-10(14)9-6-4-5-8(2)7-9/h4-7H,3H2,1-2H3,(H2,12,13,14,15). The summed E-state index contributed by atoms with van der Waals surface area (Å²) in [5.74, 6) is -0.176. The fourth-order valence-electron chi connectivity index (χ4n) is 1.17. The normalized spacial score (nSPS) is 9.47. The first-order valence-electron chi connectivity index (χ1n) is 4.79. The molecule has 0 fully saturated rings. The van der Waals surface area contributed by atoms with Gasteiger partial charge in [-0.2, -0.15) is 0 Å². The Hall–Kier alpha value is -1.42. The fraction of sp³-hybridized carbons (Fsp3) is 0.273. The van der Waals surface area contributed by atoms with Crippen molar-refractivity contribution < 1.29 is 4.79 Å². The van der Waals surface area contributed by atoms with Gasteiger partial charge < -0.3 is 5.32 Å². The van der Waals surface area contributed by atoms with Crippen LogP contribution in [0.5, 0.6) is 0 Å². The Morgan fingerprint density at radius 1 is 1.47 bits per heavy atom. The van der Waals surface area contributed by atoms with Gasteiger partial charge in [0, 0.05) is 12.1 Å². The van der Waals surface area contributed by atoms with Crippen LogP contribution in [0.1, 0.15) is 22.8 Å². The molecule has 0 saturated heterocycles. The maximum Gasteiger partial charge on any atom is 0.257 e. The molecule has 0 saturated carbocycles. The number of benzene rings is 1. The van der Waals surface area contributed by atoms with E-state index in [-0.39, 0.29) is 5.91 Å². The van der Waals surface area contributed by atoms with Crippen LogP contribution < -0.4 is 10.6 Å². The molecule has 3 nitrogen and oxygen atoms in total. The van der Waals surface area contributed by atoms with Gasteiger partial charge in [0.2, 0.25) is 0 Å². The summed E-state index contributed by atoms with van der Waals surface area (Å²) >= 11 is 4.92. The summed E-state index contributed by atoms with van der Waals surface area (Å²) in [6.45, 7) is 4.57. The second-order valence-corrected chi connectivity index (χ2v) is 3.59. The molecule has 0 atom stereocenters. The van der Waals surface area contributed by atoms with E-state index in [1.807, 2.05) is 32.0 Å². The van der Waals surface area contributed by atoms with Crippen molar-refractivity contribution in [3.8, 4) is 0 Å². The minimum Gasteiger partial charge on any atom is -0.363 e. The third kappa shape index (κ3) is 3.67. The molecule has 2 N–H and O–H groups in total. The molecule has 1 aromatic carbocycles. The molecule has 0 aliphatic carbocycles. The predicted octanol–water partition coefficient (Wildman–Crippen LogP) is 1.62. The Morgan fingerprint density at radius 2 is 2.20 bits per heavy atom. The van der Waals surface area contributed by atoms with E-state index in [4.69, 9.17) is 12.2 Å². The van der Waals surface area contributed by atoms with Crippen molar-refractivity contribution in [2.45, 2.75) is 13.8 Å². The van der Waals surface area contributed by atoms with Crippen molar-refractivity contribution in [3.05, 3.63) is 35.4 Å². The number of nitrogens with one attached hydrogen (secondary N) is 2. The molecule has 0 bridgehead atoms. The lowest BCUT2D eigenvalue weighted by Crippen LogP contribution is -2.39. The Balaban J connectivity index is 2.65. The van der Waals surface area contributed by atoms with Crippen LogP contribution in [0.3, 0.4) is 0 Å². The van der Waals surface area contributed by atoms with Crippen molar-refractivity contribution in [1.82, 2.24) is 10.6 Å². The maximum absolute atomic E-state index is 11.6.